The van der Waals surface area contributed by atoms with Crippen LogP contribution in [0.15, 0.2) is 0 Å². The van der Waals surface area contributed by atoms with Gasteiger partial charge in [-0.1, -0.05) is 0 Å². The summed E-state index contributed by atoms with van der Waals surface area (Å²) in [7, 11) is 0. The molecule has 0 heterocycles. The van der Waals surface area contributed by atoms with Crippen molar-refractivity contribution in [2.75, 3.05) is 0 Å². The van der Waals surface area contributed by atoms with Crippen LogP contribution in [0.1, 0.15) is 0 Å². The topological polar surface area (TPSA) is 52.9 Å². The van der Waals surface area contributed by atoms with Gasteiger partial charge in [0, 0.05) is 0 Å². The highest BCUT2D eigenvalue weighted by Gasteiger charge is 2.79. The molecule has 0 N–H and O–H groups in total. The van der Waals surface area contributed by atoms with Crippen molar-refractivity contribution < 1.29 is 53.7 Å². The second-order valence-corrected chi connectivity index (χ2v) is 2.91. The first-order valence-corrected chi connectivity index (χ1v) is 3.73. The van der Waals surface area contributed by atoms with E-state index < -0.39 is 36.2 Å². The quantitative estimate of drug-likeness (QED) is 0.750. The molecule has 3 nitrogen and oxygen atoms in total. The van der Waals surface area contributed by atoms with Crippen LogP contribution in [0.25, 0.3) is 0 Å². The molecule has 1 atom stereocenters. The molecule has 0 saturated carbocycles. The second-order valence-electron chi connectivity index (χ2n) is 2.91. The van der Waals surface area contributed by atoms with Gasteiger partial charge in [-0.25, -0.2) is 0 Å². The average molecular weight is 308 g/mol. The van der Waals surface area contributed by atoms with Crippen LogP contribution in [0.4, 0.5) is 43.9 Å². The molecule has 0 aromatic rings. The molecule has 0 aliphatic heterocycles. The van der Waals surface area contributed by atoms with Crippen molar-refractivity contribution in [1.29, 1.82) is 5.26 Å². The molecule has 0 rings (SSSR count). The molecule has 0 aromatic heterocycles. The van der Waals surface area contributed by atoms with Crippen LogP contribution in [0.5, 0.6) is 0 Å². The van der Waals surface area contributed by atoms with Crippen molar-refractivity contribution in [3.05, 3.63) is 0 Å². The highest BCUT2D eigenvalue weighted by Crippen LogP contribution is 2.50. The highest BCUT2D eigenvalue weighted by molar-refractivity contribution is 5.00. The Kier molecular flexibility index (Phi) is 4.08. The van der Waals surface area contributed by atoms with Crippen molar-refractivity contribution in [3.8, 4) is 6.07 Å². The van der Waals surface area contributed by atoms with E-state index in [0.717, 1.165) is 0 Å². The summed E-state index contributed by atoms with van der Waals surface area (Å²) in [4.78, 5) is 0. The zero-order valence-corrected chi connectivity index (χ0v) is 8.04. The maximum atomic E-state index is 12.6. The predicted octanol–water partition coefficient (Wildman–Crippen LogP) is 3.01. The average Bonchev–Trinajstić information content (AvgIpc) is 2.13. The highest BCUT2D eigenvalue weighted by atomic mass is 19.4. The zero-order valence-electron chi connectivity index (χ0n) is 8.04. The minimum atomic E-state index is -7.06. The molecule has 19 heavy (non-hydrogen) atoms. The Labute approximate surface area is 96.5 Å². The lowest BCUT2D eigenvalue weighted by molar-refractivity contribution is -0.518. The Morgan fingerprint density at radius 3 is 1.42 bits per heavy atom. The smallest absolute Gasteiger partial charge is 0.262 e. The van der Waals surface area contributed by atoms with E-state index in [-0.39, 0.29) is 0 Å². The fourth-order valence-electron chi connectivity index (χ4n) is 0.588. The fraction of sp³-hybridized carbons (Fsp3) is 0.833. The van der Waals surface area contributed by atoms with Gasteiger partial charge in [0.25, 0.3) is 0 Å². The predicted molar refractivity (Wildman–Crippen MR) is 32.1 cm³/mol. The van der Waals surface area contributed by atoms with E-state index >= 15 is 0 Å². The summed E-state index contributed by atoms with van der Waals surface area (Å²) in [6, 6.07) is -0.582. The van der Waals surface area contributed by atoms with Crippen LogP contribution < -0.4 is 0 Å². The Hall–Kier alpha value is -1.29. The number of alkyl halides is 10. The van der Waals surface area contributed by atoms with Gasteiger partial charge in [0.2, 0.25) is 0 Å². The molecule has 0 aliphatic rings. The Morgan fingerprint density at radius 1 is 0.842 bits per heavy atom. The molecule has 13 heteroatoms. The van der Waals surface area contributed by atoms with Crippen LogP contribution in [0.2, 0.25) is 0 Å². The van der Waals surface area contributed by atoms with Crippen molar-refractivity contribution in [1.82, 2.24) is 0 Å². The lowest BCUT2D eigenvalue weighted by Crippen LogP contribution is -2.62. The van der Waals surface area contributed by atoms with E-state index in [0.29, 0.717) is 0 Å². The van der Waals surface area contributed by atoms with Gasteiger partial charge in [-0.3, -0.25) is 4.74 Å². The molecule has 1 unspecified atom stereocenters. The molecule has 111 valence electrons. The third kappa shape index (κ3) is 3.00. The molecule has 0 fully saturated rings. The fourth-order valence-corrected chi connectivity index (χ4v) is 0.588. The van der Waals surface area contributed by atoms with Gasteiger partial charge in [0.05, 0.1) is 0 Å². The van der Waals surface area contributed by atoms with Crippen molar-refractivity contribution >= 4 is 0 Å². The second kappa shape index (κ2) is 4.37. The standard InChI is InChI=1S/C6F10NO2/c7-2(8,1-17)6(15,16)19-3(9,4(10,11)12)5(13,14)18. The number of rotatable bonds is 4. The van der Waals surface area contributed by atoms with E-state index in [9.17, 15) is 49.0 Å². The normalized spacial score (nSPS) is 17.8. The first-order valence-electron chi connectivity index (χ1n) is 3.73. The van der Waals surface area contributed by atoms with Gasteiger partial charge < -0.3 is 0 Å². The van der Waals surface area contributed by atoms with Crippen LogP contribution in [-0.2, 0) is 9.84 Å². The van der Waals surface area contributed by atoms with Crippen molar-refractivity contribution in [2.24, 2.45) is 0 Å². The van der Waals surface area contributed by atoms with Crippen LogP contribution in [-0.4, -0.2) is 30.2 Å². The summed E-state index contributed by atoms with van der Waals surface area (Å²) in [6.07, 6.45) is -20.6. The van der Waals surface area contributed by atoms with E-state index in [1.54, 1.807) is 4.74 Å². The number of halogens is 10. The van der Waals surface area contributed by atoms with Crippen molar-refractivity contribution in [3.63, 3.8) is 0 Å². The third-order valence-electron chi connectivity index (χ3n) is 1.51. The summed E-state index contributed by atoms with van der Waals surface area (Å²) in [5.74, 6) is -13.0. The maximum absolute atomic E-state index is 12.6. The summed E-state index contributed by atoms with van der Waals surface area (Å²) >= 11 is 0. The molecule has 0 bridgehead atoms. The number of hydrogen-bond donors (Lipinski definition) is 0. The largest absolute Gasteiger partial charge is 0.458 e. The minimum Gasteiger partial charge on any atom is -0.262 e. The maximum Gasteiger partial charge on any atom is 0.458 e. The van der Waals surface area contributed by atoms with Crippen LogP contribution in [0, 0.1) is 11.3 Å². The first-order chi connectivity index (χ1) is 8.02. The molecule has 0 saturated heterocycles. The Balaban J connectivity index is 5.72. The Morgan fingerprint density at radius 2 is 1.21 bits per heavy atom. The van der Waals surface area contributed by atoms with E-state index in [2.05, 4.69) is 0 Å². The van der Waals surface area contributed by atoms with E-state index in [1.165, 1.54) is 0 Å². The van der Waals surface area contributed by atoms with Crippen LogP contribution in [0.3, 0.4) is 0 Å². The molecule has 1 radical (unpaired) electrons. The van der Waals surface area contributed by atoms with Gasteiger partial charge >= 0.3 is 30.2 Å². The lowest BCUT2D eigenvalue weighted by Gasteiger charge is -2.33. The number of nitrogens with zero attached hydrogens (tertiary/aromatic N) is 1. The zero-order chi connectivity index (χ0) is 15.9. The molecule has 0 aliphatic carbocycles. The summed E-state index contributed by atoms with van der Waals surface area (Å²) in [5, 5.41) is 17.2. The van der Waals surface area contributed by atoms with Crippen molar-refractivity contribution in [2.45, 2.75) is 30.2 Å². The Bertz CT molecular complexity index is 363. The van der Waals surface area contributed by atoms with Crippen LogP contribution >= 0.6 is 0 Å². The number of ether oxygens (including phenoxy) is 1. The summed E-state index contributed by atoms with van der Waals surface area (Å²) in [5.41, 5.74) is 0. The molecular weight excluding hydrogens is 308 g/mol. The lowest BCUT2D eigenvalue weighted by atomic mass is 10.2. The molecule has 0 aromatic carbocycles. The first kappa shape index (κ1) is 17.7. The van der Waals surface area contributed by atoms with E-state index in [4.69, 9.17) is 5.26 Å². The van der Waals surface area contributed by atoms with Gasteiger partial charge in [-0.15, -0.1) is 0 Å². The number of nitriles is 1. The molecular formula is C6F10NO2. The van der Waals surface area contributed by atoms with Gasteiger partial charge in [0.15, 0.2) is 0 Å². The van der Waals surface area contributed by atoms with Gasteiger partial charge in [0.1, 0.15) is 6.07 Å². The third-order valence-corrected chi connectivity index (χ3v) is 1.51. The molecule has 0 amide bonds. The van der Waals surface area contributed by atoms with E-state index in [1.807, 2.05) is 0 Å². The summed E-state index contributed by atoms with van der Waals surface area (Å²) < 4.78 is 122. The van der Waals surface area contributed by atoms with Gasteiger partial charge in [-0.05, 0) is 0 Å². The number of hydrogen-bond acceptors (Lipinski definition) is 2. The SMILES string of the molecule is N#CC(F)(F)C(F)(F)OC(F)(C([O])(F)F)C(F)(F)F. The monoisotopic (exact) mass is 308 g/mol. The van der Waals surface area contributed by atoms with Gasteiger partial charge in [-0.2, -0.15) is 54.3 Å². The summed E-state index contributed by atoms with van der Waals surface area (Å²) in [6.45, 7) is 0. The minimum absolute atomic E-state index is 0.582. The molecule has 0 spiro atoms.